The van der Waals surface area contributed by atoms with Gasteiger partial charge in [-0.05, 0) is 34.1 Å². The Labute approximate surface area is 112 Å². The molecule has 1 aromatic carbocycles. The van der Waals surface area contributed by atoms with Crippen LogP contribution in [0.4, 0.5) is 5.69 Å². The quantitative estimate of drug-likeness (QED) is 0.737. The van der Waals surface area contributed by atoms with E-state index in [0.29, 0.717) is 24.2 Å². The highest BCUT2D eigenvalue weighted by molar-refractivity contribution is 9.10. The summed E-state index contributed by atoms with van der Waals surface area (Å²) in [5.74, 6) is 0.583. The molecule has 1 heterocycles. The highest BCUT2D eigenvalue weighted by Crippen LogP contribution is 2.19. The van der Waals surface area contributed by atoms with Crippen LogP contribution in [0.1, 0.15) is 16.2 Å². The Morgan fingerprint density at radius 2 is 2.33 bits per heavy atom. The van der Waals surface area contributed by atoms with Crippen LogP contribution in [0.2, 0.25) is 0 Å². The lowest BCUT2D eigenvalue weighted by atomic mass is 10.2. The Morgan fingerprint density at radius 1 is 1.50 bits per heavy atom. The molecular formula is C11H12BrN5O. The maximum absolute atomic E-state index is 11.8. The van der Waals surface area contributed by atoms with Gasteiger partial charge in [-0.3, -0.25) is 9.89 Å². The third kappa shape index (κ3) is 3.07. The van der Waals surface area contributed by atoms with Crippen molar-refractivity contribution >= 4 is 27.5 Å². The number of carbonyl (C=O) groups excluding carboxylic acids is 1. The van der Waals surface area contributed by atoms with Crippen LogP contribution >= 0.6 is 15.9 Å². The van der Waals surface area contributed by atoms with Gasteiger partial charge in [0.25, 0.3) is 5.91 Å². The molecule has 0 aliphatic carbocycles. The molecule has 0 atom stereocenters. The zero-order valence-electron chi connectivity index (χ0n) is 9.48. The highest BCUT2D eigenvalue weighted by Gasteiger charge is 2.07. The van der Waals surface area contributed by atoms with Crippen molar-refractivity contribution < 1.29 is 4.79 Å². The molecule has 0 bridgehead atoms. The van der Waals surface area contributed by atoms with E-state index in [4.69, 9.17) is 5.73 Å². The smallest absolute Gasteiger partial charge is 0.251 e. The van der Waals surface area contributed by atoms with Crippen LogP contribution in [0, 0.1) is 0 Å². The largest absolute Gasteiger partial charge is 0.398 e. The van der Waals surface area contributed by atoms with Crippen molar-refractivity contribution in [1.29, 1.82) is 0 Å². The van der Waals surface area contributed by atoms with Gasteiger partial charge in [0.15, 0.2) is 0 Å². The molecule has 2 rings (SSSR count). The normalized spacial score (nSPS) is 10.3. The molecule has 0 saturated heterocycles. The number of anilines is 1. The van der Waals surface area contributed by atoms with E-state index in [9.17, 15) is 4.79 Å². The molecule has 1 aromatic heterocycles. The first-order valence-corrected chi connectivity index (χ1v) is 6.13. The standard InChI is InChI=1S/C11H12BrN5O/c12-8-2-1-7(5-9(8)13)11(18)14-4-3-10-15-6-16-17-10/h1-2,5-6H,3-4,13H2,(H,14,18)(H,15,16,17). The number of carbonyl (C=O) groups is 1. The lowest BCUT2D eigenvalue weighted by molar-refractivity contribution is 0.0954. The molecule has 4 N–H and O–H groups in total. The summed E-state index contributed by atoms with van der Waals surface area (Å²) >= 11 is 3.28. The summed E-state index contributed by atoms with van der Waals surface area (Å²) in [5.41, 5.74) is 6.79. The predicted octanol–water partition coefficient (Wildman–Crippen LogP) is 1.12. The van der Waals surface area contributed by atoms with Crippen LogP contribution in [0.25, 0.3) is 0 Å². The number of amides is 1. The monoisotopic (exact) mass is 309 g/mol. The van der Waals surface area contributed by atoms with Crippen molar-refractivity contribution in [3.8, 4) is 0 Å². The lowest BCUT2D eigenvalue weighted by Crippen LogP contribution is -2.26. The van der Waals surface area contributed by atoms with Crippen molar-refractivity contribution in [2.24, 2.45) is 0 Å². The number of benzene rings is 1. The first-order chi connectivity index (χ1) is 8.66. The maximum atomic E-state index is 11.8. The number of hydrogen-bond acceptors (Lipinski definition) is 4. The van der Waals surface area contributed by atoms with E-state index in [2.05, 4.69) is 36.4 Å². The number of nitrogens with zero attached hydrogens (tertiary/aromatic N) is 2. The van der Waals surface area contributed by atoms with E-state index in [0.717, 1.165) is 10.3 Å². The first kappa shape index (κ1) is 12.6. The molecule has 7 heteroatoms. The number of nitrogens with one attached hydrogen (secondary N) is 2. The number of H-pyrrole nitrogens is 1. The van der Waals surface area contributed by atoms with Gasteiger partial charge in [-0.25, -0.2) is 4.98 Å². The van der Waals surface area contributed by atoms with Crippen LogP contribution in [0.15, 0.2) is 29.0 Å². The fourth-order valence-electron chi connectivity index (χ4n) is 1.43. The van der Waals surface area contributed by atoms with E-state index < -0.39 is 0 Å². The van der Waals surface area contributed by atoms with E-state index in [1.165, 1.54) is 6.33 Å². The summed E-state index contributed by atoms with van der Waals surface area (Å²) in [7, 11) is 0. The van der Waals surface area contributed by atoms with Gasteiger partial charge in [0.2, 0.25) is 0 Å². The van der Waals surface area contributed by atoms with Gasteiger partial charge in [0.05, 0.1) is 0 Å². The third-order valence-corrected chi connectivity index (χ3v) is 3.09. The summed E-state index contributed by atoms with van der Waals surface area (Å²) in [6.07, 6.45) is 2.05. The number of aromatic nitrogens is 3. The number of nitrogens with two attached hydrogens (primary N) is 1. The summed E-state index contributed by atoms with van der Waals surface area (Å²) < 4.78 is 0.778. The van der Waals surface area contributed by atoms with Gasteiger partial charge in [0, 0.05) is 28.7 Å². The number of halogens is 1. The minimum atomic E-state index is -0.159. The number of aromatic amines is 1. The number of nitrogen functional groups attached to an aromatic ring is 1. The van der Waals surface area contributed by atoms with Gasteiger partial charge >= 0.3 is 0 Å². The fourth-order valence-corrected chi connectivity index (χ4v) is 1.68. The minimum Gasteiger partial charge on any atom is -0.398 e. The summed E-state index contributed by atoms with van der Waals surface area (Å²) in [4.78, 5) is 15.8. The molecule has 0 fully saturated rings. The Bertz CT molecular complexity index is 540. The summed E-state index contributed by atoms with van der Waals surface area (Å²) in [6.45, 7) is 0.490. The van der Waals surface area contributed by atoms with Gasteiger partial charge in [-0.1, -0.05) is 0 Å². The zero-order valence-corrected chi connectivity index (χ0v) is 11.1. The van der Waals surface area contributed by atoms with Crippen LogP contribution in [0.3, 0.4) is 0 Å². The van der Waals surface area contributed by atoms with Crippen LogP contribution in [0.5, 0.6) is 0 Å². The van der Waals surface area contributed by atoms with Crippen molar-refractivity contribution in [2.75, 3.05) is 12.3 Å². The molecule has 2 aromatic rings. The Morgan fingerprint density at radius 3 is 3.00 bits per heavy atom. The molecular weight excluding hydrogens is 298 g/mol. The van der Waals surface area contributed by atoms with Gasteiger partial charge in [0.1, 0.15) is 12.2 Å². The third-order valence-electron chi connectivity index (χ3n) is 2.37. The zero-order chi connectivity index (χ0) is 13.0. The Kier molecular flexibility index (Phi) is 3.93. The van der Waals surface area contributed by atoms with Crippen LogP contribution in [-0.2, 0) is 6.42 Å². The van der Waals surface area contributed by atoms with Crippen molar-refractivity contribution in [2.45, 2.75) is 6.42 Å². The number of rotatable bonds is 4. The second kappa shape index (κ2) is 5.63. The topological polar surface area (TPSA) is 96.7 Å². The van der Waals surface area contributed by atoms with E-state index in [-0.39, 0.29) is 5.91 Å². The molecule has 0 aliphatic rings. The van der Waals surface area contributed by atoms with Crippen LogP contribution < -0.4 is 11.1 Å². The molecule has 0 spiro atoms. The van der Waals surface area contributed by atoms with Gasteiger partial charge in [-0.2, -0.15) is 5.10 Å². The second-order valence-corrected chi connectivity index (χ2v) is 4.53. The molecule has 0 aliphatic heterocycles. The average molecular weight is 310 g/mol. The average Bonchev–Trinajstić information content (AvgIpc) is 2.85. The molecule has 6 nitrogen and oxygen atoms in total. The Balaban J connectivity index is 1.89. The van der Waals surface area contributed by atoms with Crippen molar-refractivity contribution in [1.82, 2.24) is 20.5 Å². The lowest BCUT2D eigenvalue weighted by Gasteiger charge is -2.05. The van der Waals surface area contributed by atoms with Crippen molar-refractivity contribution in [3.63, 3.8) is 0 Å². The molecule has 1 amide bonds. The van der Waals surface area contributed by atoms with Gasteiger partial charge < -0.3 is 11.1 Å². The van der Waals surface area contributed by atoms with E-state index >= 15 is 0 Å². The maximum Gasteiger partial charge on any atom is 0.251 e. The first-order valence-electron chi connectivity index (χ1n) is 5.34. The van der Waals surface area contributed by atoms with Crippen LogP contribution in [-0.4, -0.2) is 27.6 Å². The highest BCUT2D eigenvalue weighted by atomic mass is 79.9. The molecule has 18 heavy (non-hydrogen) atoms. The molecule has 0 saturated carbocycles. The second-order valence-electron chi connectivity index (χ2n) is 3.67. The van der Waals surface area contributed by atoms with Crippen molar-refractivity contribution in [3.05, 3.63) is 40.4 Å². The van der Waals surface area contributed by atoms with Gasteiger partial charge in [-0.15, -0.1) is 0 Å². The molecule has 94 valence electrons. The van der Waals surface area contributed by atoms with E-state index in [1.807, 2.05) is 0 Å². The number of hydrogen-bond donors (Lipinski definition) is 3. The fraction of sp³-hybridized carbons (Fsp3) is 0.182. The van der Waals surface area contributed by atoms with E-state index in [1.54, 1.807) is 18.2 Å². The molecule has 0 unspecified atom stereocenters. The summed E-state index contributed by atoms with van der Waals surface area (Å²) in [5, 5.41) is 9.24. The minimum absolute atomic E-state index is 0.159. The summed E-state index contributed by atoms with van der Waals surface area (Å²) in [6, 6.07) is 5.10. The Hall–Kier alpha value is -1.89. The predicted molar refractivity (Wildman–Crippen MR) is 71.0 cm³/mol. The molecule has 0 radical (unpaired) electrons. The SMILES string of the molecule is Nc1cc(C(=O)NCCc2ncn[nH]2)ccc1Br.